The second-order valence-corrected chi connectivity index (χ2v) is 6.33. The molecule has 120 valence electrons. The second kappa shape index (κ2) is 7.44. The molecule has 2 heterocycles. The highest BCUT2D eigenvalue weighted by molar-refractivity contribution is 7.09. The zero-order valence-corrected chi connectivity index (χ0v) is 13.8. The summed E-state index contributed by atoms with van der Waals surface area (Å²) in [5, 5.41) is 2.02. The van der Waals surface area contributed by atoms with Gasteiger partial charge in [-0.05, 0) is 23.6 Å². The summed E-state index contributed by atoms with van der Waals surface area (Å²) < 4.78 is 10.8. The van der Waals surface area contributed by atoms with Crippen molar-refractivity contribution in [3.05, 3.63) is 57.8 Å². The molecule has 0 fully saturated rings. The van der Waals surface area contributed by atoms with Gasteiger partial charge in [0.15, 0.2) is 0 Å². The Morgan fingerprint density at radius 2 is 2.17 bits per heavy atom. The summed E-state index contributed by atoms with van der Waals surface area (Å²) in [6, 6.07) is 11.8. The molecule has 0 saturated carbocycles. The van der Waals surface area contributed by atoms with Gasteiger partial charge in [0.05, 0.1) is 18.7 Å². The van der Waals surface area contributed by atoms with Gasteiger partial charge in [0.1, 0.15) is 12.4 Å². The van der Waals surface area contributed by atoms with E-state index in [0.717, 1.165) is 16.2 Å². The van der Waals surface area contributed by atoms with Crippen LogP contribution in [0, 0.1) is 0 Å². The number of carbonyl (C=O) groups excluding carboxylic acids is 1. The van der Waals surface area contributed by atoms with Gasteiger partial charge in [-0.25, -0.2) is 0 Å². The van der Waals surface area contributed by atoms with Crippen molar-refractivity contribution < 1.29 is 14.3 Å². The predicted octanol–water partition coefficient (Wildman–Crippen LogP) is 3.20. The Labute approximate surface area is 140 Å². The van der Waals surface area contributed by atoms with Crippen LogP contribution in [0.3, 0.4) is 0 Å². The maximum Gasteiger partial charge on any atom is 0.253 e. The Morgan fingerprint density at radius 3 is 2.96 bits per heavy atom. The van der Waals surface area contributed by atoms with Gasteiger partial charge in [-0.2, -0.15) is 0 Å². The van der Waals surface area contributed by atoms with Crippen LogP contribution in [0.4, 0.5) is 0 Å². The van der Waals surface area contributed by atoms with E-state index in [-0.39, 0.29) is 5.91 Å². The standard InChI is InChI=1S/C18H19NO3S/c1-21-9-8-19(12-16-6-4-10-23-16)18(20)15-11-14-5-2-3-7-17(14)22-13-15/h2-7,10-11H,8-9,12-13H2,1H3. The van der Waals surface area contributed by atoms with E-state index >= 15 is 0 Å². The highest BCUT2D eigenvalue weighted by Crippen LogP contribution is 2.26. The van der Waals surface area contributed by atoms with E-state index in [0.29, 0.717) is 31.9 Å². The van der Waals surface area contributed by atoms with Crippen LogP contribution in [0.1, 0.15) is 10.4 Å². The lowest BCUT2D eigenvalue weighted by Crippen LogP contribution is -2.36. The minimum absolute atomic E-state index is 0.00459. The first-order valence-electron chi connectivity index (χ1n) is 7.51. The Hall–Kier alpha value is -2.11. The molecule has 5 heteroatoms. The molecule has 1 aliphatic heterocycles. The second-order valence-electron chi connectivity index (χ2n) is 5.29. The van der Waals surface area contributed by atoms with Crippen LogP contribution < -0.4 is 4.74 Å². The summed E-state index contributed by atoms with van der Waals surface area (Å²) in [5.74, 6) is 0.829. The van der Waals surface area contributed by atoms with Crippen LogP contribution in [-0.4, -0.2) is 37.7 Å². The highest BCUT2D eigenvalue weighted by atomic mass is 32.1. The fraction of sp³-hybridized carbons (Fsp3) is 0.278. The molecule has 0 saturated heterocycles. The molecular formula is C18H19NO3S. The Morgan fingerprint density at radius 1 is 1.30 bits per heavy atom. The number of ether oxygens (including phenoxy) is 2. The topological polar surface area (TPSA) is 38.8 Å². The fourth-order valence-electron chi connectivity index (χ4n) is 2.49. The largest absolute Gasteiger partial charge is 0.488 e. The van der Waals surface area contributed by atoms with Gasteiger partial charge in [-0.1, -0.05) is 24.3 Å². The van der Waals surface area contributed by atoms with E-state index in [2.05, 4.69) is 0 Å². The van der Waals surface area contributed by atoms with E-state index in [1.165, 1.54) is 0 Å². The van der Waals surface area contributed by atoms with Crippen LogP contribution >= 0.6 is 11.3 Å². The molecule has 3 rings (SSSR count). The van der Waals surface area contributed by atoms with Crippen molar-refractivity contribution in [2.75, 3.05) is 26.9 Å². The number of carbonyl (C=O) groups is 1. The Kier molecular flexibility index (Phi) is 5.10. The van der Waals surface area contributed by atoms with Gasteiger partial charge in [0, 0.05) is 24.1 Å². The number of nitrogens with zero attached hydrogens (tertiary/aromatic N) is 1. The summed E-state index contributed by atoms with van der Waals surface area (Å²) >= 11 is 1.65. The zero-order valence-electron chi connectivity index (χ0n) is 13.0. The summed E-state index contributed by atoms with van der Waals surface area (Å²) in [7, 11) is 1.65. The van der Waals surface area contributed by atoms with Crippen molar-refractivity contribution in [3.63, 3.8) is 0 Å². The third-order valence-corrected chi connectivity index (χ3v) is 4.55. The Bertz CT molecular complexity index is 694. The van der Waals surface area contributed by atoms with Crippen LogP contribution in [0.2, 0.25) is 0 Å². The van der Waals surface area contributed by atoms with Crippen molar-refractivity contribution in [2.24, 2.45) is 0 Å². The fourth-order valence-corrected chi connectivity index (χ4v) is 3.21. The molecule has 0 N–H and O–H groups in total. The molecule has 4 nitrogen and oxygen atoms in total. The molecule has 1 aliphatic rings. The SMILES string of the molecule is COCCN(Cc1cccs1)C(=O)C1=Cc2ccccc2OC1. The molecule has 1 amide bonds. The van der Waals surface area contributed by atoms with Crippen molar-refractivity contribution in [3.8, 4) is 5.75 Å². The van der Waals surface area contributed by atoms with Gasteiger partial charge in [-0.15, -0.1) is 11.3 Å². The number of para-hydroxylation sites is 1. The molecule has 0 bridgehead atoms. The number of amides is 1. The molecule has 0 aliphatic carbocycles. The maximum atomic E-state index is 12.9. The molecule has 0 spiro atoms. The van der Waals surface area contributed by atoms with Crippen molar-refractivity contribution >= 4 is 23.3 Å². The number of thiophene rings is 1. The van der Waals surface area contributed by atoms with E-state index in [1.807, 2.05) is 52.8 Å². The van der Waals surface area contributed by atoms with Crippen LogP contribution in [0.5, 0.6) is 5.75 Å². The molecule has 1 aromatic carbocycles. The highest BCUT2D eigenvalue weighted by Gasteiger charge is 2.22. The van der Waals surface area contributed by atoms with E-state index in [1.54, 1.807) is 18.4 Å². The quantitative estimate of drug-likeness (QED) is 0.817. The number of fused-ring (bicyclic) bond motifs is 1. The molecule has 0 unspecified atom stereocenters. The predicted molar refractivity (Wildman–Crippen MR) is 91.5 cm³/mol. The van der Waals surface area contributed by atoms with Gasteiger partial charge in [0.2, 0.25) is 0 Å². The molecule has 0 radical (unpaired) electrons. The zero-order chi connectivity index (χ0) is 16.1. The molecular weight excluding hydrogens is 310 g/mol. The molecule has 0 atom stereocenters. The summed E-state index contributed by atoms with van der Waals surface area (Å²) in [4.78, 5) is 15.8. The molecule has 1 aromatic heterocycles. The van der Waals surface area contributed by atoms with Gasteiger partial charge in [-0.3, -0.25) is 4.79 Å². The van der Waals surface area contributed by atoms with Crippen LogP contribution in [0.25, 0.3) is 6.08 Å². The number of hydrogen-bond acceptors (Lipinski definition) is 4. The van der Waals surface area contributed by atoms with Gasteiger partial charge in [0.25, 0.3) is 5.91 Å². The lowest BCUT2D eigenvalue weighted by atomic mass is 10.1. The minimum Gasteiger partial charge on any atom is -0.488 e. The number of hydrogen-bond donors (Lipinski definition) is 0. The first kappa shape index (κ1) is 15.8. The summed E-state index contributed by atoms with van der Waals surface area (Å²) in [6.45, 7) is 1.98. The third kappa shape index (κ3) is 3.81. The van der Waals surface area contributed by atoms with Crippen molar-refractivity contribution in [1.29, 1.82) is 0 Å². The first-order valence-corrected chi connectivity index (χ1v) is 8.39. The van der Waals surface area contributed by atoms with Crippen LogP contribution in [0.15, 0.2) is 47.4 Å². The van der Waals surface area contributed by atoms with Crippen molar-refractivity contribution in [2.45, 2.75) is 6.54 Å². The van der Waals surface area contributed by atoms with Gasteiger partial charge < -0.3 is 14.4 Å². The van der Waals surface area contributed by atoms with E-state index in [4.69, 9.17) is 9.47 Å². The Balaban J connectivity index is 1.79. The number of rotatable bonds is 6. The lowest BCUT2D eigenvalue weighted by molar-refractivity contribution is -0.128. The first-order chi connectivity index (χ1) is 11.3. The average Bonchev–Trinajstić information content (AvgIpc) is 3.10. The number of methoxy groups -OCH3 is 1. The monoisotopic (exact) mass is 329 g/mol. The van der Waals surface area contributed by atoms with E-state index < -0.39 is 0 Å². The van der Waals surface area contributed by atoms with E-state index in [9.17, 15) is 4.79 Å². The van der Waals surface area contributed by atoms with Crippen molar-refractivity contribution in [1.82, 2.24) is 4.90 Å². The smallest absolute Gasteiger partial charge is 0.253 e. The average molecular weight is 329 g/mol. The third-order valence-electron chi connectivity index (χ3n) is 3.69. The lowest BCUT2D eigenvalue weighted by Gasteiger charge is -2.25. The number of benzene rings is 1. The summed E-state index contributed by atoms with van der Waals surface area (Å²) in [5.41, 5.74) is 1.63. The minimum atomic E-state index is 0.00459. The molecule has 2 aromatic rings. The normalized spacial score (nSPS) is 13.0. The maximum absolute atomic E-state index is 12.9. The van der Waals surface area contributed by atoms with Gasteiger partial charge >= 0.3 is 0 Å². The summed E-state index contributed by atoms with van der Waals surface area (Å²) in [6.07, 6.45) is 1.93. The van der Waals surface area contributed by atoms with Crippen LogP contribution in [-0.2, 0) is 16.1 Å². The molecule has 23 heavy (non-hydrogen) atoms.